The number of aryl methyl sites for hydroxylation is 1. The number of carbonyl (C=O) groups excluding carboxylic acids is 1. The Kier molecular flexibility index (Phi) is 6.84. The Morgan fingerprint density at radius 1 is 1.13 bits per heavy atom. The molecule has 0 bridgehead atoms. The van der Waals surface area contributed by atoms with Gasteiger partial charge in [0.15, 0.2) is 5.82 Å². The van der Waals surface area contributed by atoms with Gasteiger partial charge in [-0.3, -0.25) is 10.1 Å². The number of nitrogens with one attached hydrogen (secondary N) is 2. The lowest BCUT2D eigenvalue weighted by atomic mass is 9.98. The van der Waals surface area contributed by atoms with Crippen LogP contribution in [0.1, 0.15) is 63.1 Å². The number of nitrogens with zero attached hydrogens (tertiary/aromatic N) is 3. The molecule has 1 saturated heterocycles. The van der Waals surface area contributed by atoms with E-state index in [2.05, 4.69) is 20.7 Å². The summed E-state index contributed by atoms with van der Waals surface area (Å²) < 4.78 is 1.71. The minimum Gasteiger partial charge on any atom is -0.317 e. The zero-order chi connectivity index (χ0) is 15.4. The van der Waals surface area contributed by atoms with Crippen LogP contribution in [0, 0.1) is 5.92 Å². The predicted octanol–water partition coefficient (Wildman–Crippen LogP) is 2.61. The van der Waals surface area contributed by atoms with Gasteiger partial charge in [-0.05, 0) is 38.8 Å². The van der Waals surface area contributed by atoms with Crippen LogP contribution in [-0.4, -0.2) is 33.8 Å². The summed E-state index contributed by atoms with van der Waals surface area (Å²) in [5.41, 5.74) is 0. The Balaban J connectivity index is 0.00000192. The molecule has 2 aliphatic rings. The first-order valence-corrected chi connectivity index (χ1v) is 8.66. The first-order chi connectivity index (χ1) is 10.7. The lowest BCUT2D eigenvalue weighted by Gasteiger charge is -2.19. The summed E-state index contributed by atoms with van der Waals surface area (Å²) in [4.78, 5) is 17.0. The van der Waals surface area contributed by atoms with Crippen molar-refractivity contribution < 1.29 is 4.79 Å². The van der Waals surface area contributed by atoms with Gasteiger partial charge >= 0.3 is 0 Å². The number of rotatable bonds is 3. The van der Waals surface area contributed by atoms with Crippen LogP contribution in [0.5, 0.6) is 0 Å². The highest BCUT2D eigenvalue weighted by Gasteiger charge is 2.24. The van der Waals surface area contributed by atoms with Gasteiger partial charge in [0.05, 0.1) is 0 Å². The highest BCUT2D eigenvalue weighted by molar-refractivity contribution is 5.91. The number of anilines is 1. The minimum absolute atomic E-state index is 0. The van der Waals surface area contributed by atoms with Crippen molar-refractivity contribution in [2.24, 2.45) is 13.0 Å². The molecule has 1 aromatic heterocycles. The van der Waals surface area contributed by atoms with E-state index in [1.165, 1.54) is 12.8 Å². The molecule has 0 unspecified atom stereocenters. The summed E-state index contributed by atoms with van der Waals surface area (Å²) in [6.07, 6.45) is 8.99. The van der Waals surface area contributed by atoms with Crippen molar-refractivity contribution in [2.45, 2.75) is 57.3 Å². The van der Waals surface area contributed by atoms with E-state index in [0.717, 1.165) is 57.4 Å². The third kappa shape index (κ3) is 4.67. The normalized spacial score (nSPS) is 20.6. The number of hydrogen-bond donors (Lipinski definition) is 2. The number of piperidine rings is 1. The maximum Gasteiger partial charge on any atom is 0.229 e. The molecule has 0 aromatic carbocycles. The van der Waals surface area contributed by atoms with Gasteiger partial charge in [0.25, 0.3) is 0 Å². The molecule has 130 valence electrons. The zero-order valence-electron chi connectivity index (χ0n) is 13.9. The van der Waals surface area contributed by atoms with E-state index in [1.807, 2.05) is 7.05 Å². The summed E-state index contributed by atoms with van der Waals surface area (Å²) in [6.45, 7) is 2.04. The fraction of sp³-hybridized carbons (Fsp3) is 0.812. The second-order valence-electron chi connectivity index (χ2n) is 6.62. The van der Waals surface area contributed by atoms with Gasteiger partial charge < -0.3 is 5.32 Å². The van der Waals surface area contributed by atoms with Gasteiger partial charge in [-0.1, -0.05) is 25.7 Å². The molecule has 2 heterocycles. The molecule has 6 nitrogen and oxygen atoms in total. The molecule has 23 heavy (non-hydrogen) atoms. The SMILES string of the molecule is Cl.Cn1nc(C2CCNCC2)nc1NC(=O)C1CCCCCC1. The molecule has 1 aliphatic heterocycles. The molecular weight excluding hydrogens is 314 g/mol. The van der Waals surface area contributed by atoms with Crippen molar-refractivity contribution in [3.05, 3.63) is 5.82 Å². The second kappa shape index (κ2) is 8.64. The summed E-state index contributed by atoms with van der Waals surface area (Å²) in [6, 6.07) is 0. The van der Waals surface area contributed by atoms with E-state index in [0.29, 0.717) is 11.9 Å². The summed E-state index contributed by atoms with van der Waals surface area (Å²) in [5, 5.41) is 10.9. The van der Waals surface area contributed by atoms with Gasteiger partial charge in [0, 0.05) is 18.9 Å². The quantitative estimate of drug-likeness (QED) is 0.829. The Labute approximate surface area is 144 Å². The Bertz CT molecular complexity index is 505. The molecule has 3 rings (SSSR count). The van der Waals surface area contributed by atoms with Gasteiger partial charge in [0.1, 0.15) is 0 Å². The van der Waals surface area contributed by atoms with E-state index in [1.54, 1.807) is 4.68 Å². The number of amides is 1. The number of aromatic nitrogens is 3. The minimum atomic E-state index is 0. The highest BCUT2D eigenvalue weighted by Crippen LogP contribution is 2.25. The molecule has 0 atom stereocenters. The molecule has 1 aliphatic carbocycles. The van der Waals surface area contributed by atoms with Crippen molar-refractivity contribution in [2.75, 3.05) is 18.4 Å². The third-order valence-electron chi connectivity index (χ3n) is 4.94. The van der Waals surface area contributed by atoms with Gasteiger partial charge in [0.2, 0.25) is 11.9 Å². The predicted molar refractivity (Wildman–Crippen MR) is 92.9 cm³/mol. The fourth-order valence-corrected chi connectivity index (χ4v) is 3.52. The maximum absolute atomic E-state index is 12.5. The standard InChI is InChI=1S/C16H27N5O.ClH/c1-21-16(18-14(20-21)12-8-10-17-11-9-12)19-15(22)13-6-4-2-3-5-7-13;/h12-13,17H,2-11H2,1H3,(H,18,19,20,22);1H. The van der Waals surface area contributed by atoms with Crippen molar-refractivity contribution >= 4 is 24.3 Å². The number of halogens is 1. The molecule has 0 radical (unpaired) electrons. The average molecular weight is 342 g/mol. The van der Waals surface area contributed by atoms with Crippen LogP contribution < -0.4 is 10.6 Å². The topological polar surface area (TPSA) is 71.8 Å². The van der Waals surface area contributed by atoms with Gasteiger partial charge in [-0.2, -0.15) is 10.1 Å². The van der Waals surface area contributed by atoms with Crippen molar-refractivity contribution in [1.82, 2.24) is 20.1 Å². The molecule has 0 spiro atoms. The van der Waals surface area contributed by atoms with Gasteiger partial charge in [-0.25, -0.2) is 4.68 Å². The molecule has 2 fully saturated rings. The Hall–Kier alpha value is -1.14. The van der Waals surface area contributed by atoms with E-state index >= 15 is 0 Å². The summed E-state index contributed by atoms with van der Waals surface area (Å²) in [7, 11) is 1.86. The molecule has 2 N–H and O–H groups in total. The first kappa shape index (κ1) is 18.2. The first-order valence-electron chi connectivity index (χ1n) is 8.66. The van der Waals surface area contributed by atoms with Crippen LogP contribution in [0.4, 0.5) is 5.95 Å². The lowest BCUT2D eigenvalue weighted by Crippen LogP contribution is -2.27. The second-order valence-corrected chi connectivity index (χ2v) is 6.62. The van der Waals surface area contributed by atoms with Gasteiger partial charge in [-0.15, -0.1) is 12.4 Å². The monoisotopic (exact) mass is 341 g/mol. The van der Waals surface area contributed by atoms with E-state index in [-0.39, 0.29) is 24.2 Å². The summed E-state index contributed by atoms with van der Waals surface area (Å²) >= 11 is 0. The highest BCUT2D eigenvalue weighted by atomic mass is 35.5. The molecule has 1 amide bonds. The van der Waals surface area contributed by atoms with Crippen molar-refractivity contribution in [3.8, 4) is 0 Å². The van der Waals surface area contributed by atoms with Crippen LogP contribution in [-0.2, 0) is 11.8 Å². The largest absolute Gasteiger partial charge is 0.317 e. The zero-order valence-corrected chi connectivity index (χ0v) is 14.7. The van der Waals surface area contributed by atoms with Crippen LogP contribution in [0.3, 0.4) is 0 Å². The lowest BCUT2D eigenvalue weighted by molar-refractivity contribution is -0.120. The van der Waals surface area contributed by atoms with Crippen LogP contribution in [0.25, 0.3) is 0 Å². The summed E-state index contributed by atoms with van der Waals surface area (Å²) in [5.74, 6) is 2.15. The Morgan fingerprint density at radius 2 is 1.78 bits per heavy atom. The van der Waals surface area contributed by atoms with E-state index < -0.39 is 0 Å². The molecule has 1 saturated carbocycles. The molecular formula is C16H28ClN5O. The van der Waals surface area contributed by atoms with Crippen LogP contribution in [0.15, 0.2) is 0 Å². The molecule has 1 aromatic rings. The van der Waals surface area contributed by atoms with E-state index in [9.17, 15) is 4.79 Å². The van der Waals surface area contributed by atoms with Crippen LogP contribution in [0.2, 0.25) is 0 Å². The van der Waals surface area contributed by atoms with Crippen LogP contribution >= 0.6 is 12.4 Å². The van der Waals surface area contributed by atoms with E-state index in [4.69, 9.17) is 0 Å². The maximum atomic E-state index is 12.5. The molecule has 7 heteroatoms. The van der Waals surface area contributed by atoms with Crippen molar-refractivity contribution in [3.63, 3.8) is 0 Å². The number of hydrogen-bond acceptors (Lipinski definition) is 4. The Morgan fingerprint density at radius 3 is 2.43 bits per heavy atom. The van der Waals surface area contributed by atoms with Crippen molar-refractivity contribution in [1.29, 1.82) is 0 Å². The average Bonchev–Trinajstić information content (AvgIpc) is 2.76. The third-order valence-corrected chi connectivity index (χ3v) is 4.94. The fourth-order valence-electron chi connectivity index (χ4n) is 3.52. The number of carbonyl (C=O) groups is 1. The smallest absolute Gasteiger partial charge is 0.229 e.